The quantitative estimate of drug-likeness (QED) is 0.772. The van der Waals surface area contributed by atoms with Crippen LogP contribution in [0.4, 0.5) is 22.1 Å². The molecule has 1 aromatic heterocycles. The molecule has 0 unspecified atom stereocenters. The van der Waals surface area contributed by atoms with Crippen molar-refractivity contribution in [1.82, 2.24) is 15.5 Å². The zero-order valence-electron chi connectivity index (χ0n) is 14.3. The van der Waals surface area contributed by atoms with E-state index in [0.29, 0.717) is 11.6 Å². The number of anilines is 3. The van der Waals surface area contributed by atoms with Crippen molar-refractivity contribution in [2.45, 2.75) is 38.1 Å². The van der Waals surface area contributed by atoms with Gasteiger partial charge in [0, 0.05) is 11.7 Å². The third-order valence-electron chi connectivity index (χ3n) is 4.21. The summed E-state index contributed by atoms with van der Waals surface area (Å²) in [6.07, 6.45) is 5.70. The fourth-order valence-corrected chi connectivity index (χ4v) is 2.87. The molecule has 1 fully saturated rings. The van der Waals surface area contributed by atoms with Crippen LogP contribution >= 0.6 is 0 Å². The molecule has 2 aromatic rings. The fourth-order valence-electron chi connectivity index (χ4n) is 2.87. The molecule has 0 aliphatic heterocycles. The molecule has 3 rings (SSSR count). The number of hydrogen-bond acceptors (Lipinski definition) is 5. The largest absolute Gasteiger partial charge is 0.497 e. The lowest BCUT2D eigenvalue weighted by atomic mass is 9.96. The molecule has 1 aliphatic carbocycles. The topological polar surface area (TPSA) is 88.2 Å². The van der Waals surface area contributed by atoms with E-state index in [1.54, 1.807) is 19.2 Å². The molecule has 0 spiro atoms. The van der Waals surface area contributed by atoms with E-state index in [9.17, 15) is 4.79 Å². The SMILES string of the molecule is COc1ccc(Nc2ccc(NC(=O)NC3CCCCC3)nn2)cc1. The van der Waals surface area contributed by atoms with Crippen LogP contribution in [0.3, 0.4) is 0 Å². The van der Waals surface area contributed by atoms with E-state index >= 15 is 0 Å². The number of aromatic nitrogens is 2. The number of hydrogen-bond donors (Lipinski definition) is 3. The Morgan fingerprint density at radius 1 is 1.00 bits per heavy atom. The molecule has 0 saturated heterocycles. The van der Waals surface area contributed by atoms with Crippen molar-refractivity contribution in [3.05, 3.63) is 36.4 Å². The van der Waals surface area contributed by atoms with Gasteiger partial charge in [0.05, 0.1) is 7.11 Å². The van der Waals surface area contributed by atoms with Crippen LogP contribution in [-0.4, -0.2) is 29.4 Å². The average Bonchev–Trinajstić information content (AvgIpc) is 2.65. The molecule has 25 heavy (non-hydrogen) atoms. The summed E-state index contributed by atoms with van der Waals surface area (Å²) < 4.78 is 5.12. The molecule has 2 amide bonds. The molecule has 3 N–H and O–H groups in total. The van der Waals surface area contributed by atoms with Gasteiger partial charge in [-0.05, 0) is 49.2 Å². The summed E-state index contributed by atoms with van der Waals surface area (Å²) in [5, 5.41) is 17.0. The summed E-state index contributed by atoms with van der Waals surface area (Å²) in [5.41, 5.74) is 0.880. The van der Waals surface area contributed by atoms with E-state index in [0.717, 1.165) is 24.3 Å². The highest BCUT2D eigenvalue weighted by atomic mass is 16.5. The Hall–Kier alpha value is -2.83. The number of urea groups is 1. The van der Waals surface area contributed by atoms with E-state index < -0.39 is 0 Å². The number of nitrogens with zero attached hydrogens (tertiary/aromatic N) is 2. The van der Waals surface area contributed by atoms with Crippen LogP contribution in [0.25, 0.3) is 0 Å². The van der Waals surface area contributed by atoms with Crippen LogP contribution < -0.4 is 20.7 Å². The molecule has 7 nitrogen and oxygen atoms in total. The normalized spacial score (nSPS) is 14.6. The van der Waals surface area contributed by atoms with Gasteiger partial charge in [-0.15, -0.1) is 10.2 Å². The summed E-state index contributed by atoms with van der Waals surface area (Å²) in [6, 6.07) is 11.0. The first kappa shape index (κ1) is 17.0. The second-order valence-corrected chi connectivity index (χ2v) is 6.09. The lowest BCUT2D eigenvalue weighted by Crippen LogP contribution is -2.39. The van der Waals surface area contributed by atoms with Crippen LogP contribution in [-0.2, 0) is 0 Å². The standard InChI is InChI=1S/C18H23N5O2/c1-25-15-9-7-14(8-10-15)19-16-11-12-17(23-22-16)21-18(24)20-13-5-3-2-4-6-13/h7-13H,2-6H2,1H3,(H,19,22)(H2,20,21,23,24). The van der Waals surface area contributed by atoms with Crippen molar-refractivity contribution in [3.8, 4) is 5.75 Å². The fraction of sp³-hybridized carbons (Fsp3) is 0.389. The van der Waals surface area contributed by atoms with Gasteiger partial charge in [-0.1, -0.05) is 19.3 Å². The lowest BCUT2D eigenvalue weighted by molar-refractivity contribution is 0.244. The van der Waals surface area contributed by atoms with E-state index in [4.69, 9.17) is 4.74 Å². The molecule has 1 saturated carbocycles. The Kier molecular flexibility index (Phi) is 5.66. The Balaban J connectivity index is 1.51. The van der Waals surface area contributed by atoms with Gasteiger partial charge in [0.1, 0.15) is 5.75 Å². The second kappa shape index (κ2) is 8.32. The molecule has 0 radical (unpaired) electrons. The van der Waals surface area contributed by atoms with Crippen molar-refractivity contribution in [3.63, 3.8) is 0 Å². The number of carbonyl (C=O) groups excluding carboxylic acids is 1. The number of benzene rings is 1. The third-order valence-corrected chi connectivity index (χ3v) is 4.21. The van der Waals surface area contributed by atoms with Gasteiger partial charge in [0.2, 0.25) is 0 Å². The Morgan fingerprint density at radius 3 is 2.32 bits per heavy atom. The molecule has 132 valence electrons. The Morgan fingerprint density at radius 2 is 1.68 bits per heavy atom. The van der Waals surface area contributed by atoms with Crippen LogP contribution in [0, 0.1) is 0 Å². The van der Waals surface area contributed by atoms with Crippen LogP contribution in [0.2, 0.25) is 0 Å². The van der Waals surface area contributed by atoms with Crippen molar-refractivity contribution in [2.75, 3.05) is 17.7 Å². The van der Waals surface area contributed by atoms with Gasteiger partial charge in [-0.25, -0.2) is 4.79 Å². The maximum absolute atomic E-state index is 12.0. The molecule has 1 heterocycles. The zero-order chi connectivity index (χ0) is 17.5. The summed E-state index contributed by atoms with van der Waals surface area (Å²) in [4.78, 5) is 12.0. The van der Waals surface area contributed by atoms with E-state index in [1.807, 2.05) is 24.3 Å². The molecular weight excluding hydrogens is 318 g/mol. The highest BCUT2D eigenvalue weighted by molar-refractivity contribution is 5.88. The van der Waals surface area contributed by atoms with Crippen molar-refractivity contribution < 1.29 is 9.53 Å². The number of rotatable bonds is 5. The van der Waals surface area contributed by atoms with Gasteiger partial charge in [-0.2, -0.15) is 0 Å². The Bertz CT molecular complexity index is 682. The molecule has 0 atom stereocenters. The summed E-state index contributed by atoms with van der Waals surface area (Å²) in [7, 11) is 1.63. The van der Waals surface area contributed by atoms with Gasteiger partial charge in [0.15, 0.2) is 11.6 Å². The smallest absolute Gasteiger partial charge is 0.320 e. The molecule has 7 heteroatoms. The third kappa shape index (κ3) is 5.07. The number of ether oxygens (including phenoxy) is 1. The van der Waals surface area contributed by atoms with Gasteiger partial charge < -0.3 is 15.4 Å². The maximum Gasteiger partial charge on any atom is 0.320 e. The predicted molar refractivity (Wildman–Crippen MR) is 97.3 cm³/mol. The second-order valence-electron chi connectivity index (χ2n) is 6.09. The molecule has 0 bridgehead atoms. The first-order valence-corrected chi connectivity index (χ1v) is 8.55. The lowest BCUT2D eigenvalue weighted by Gasteiger charge is -2.22. The van der Waals surface area contributed by atoms with Crippen LogP contribution in [0.1, 0.15) is 32.1 Å². The van der Waals surface area contributed by atoms with Crippen molar-refractivity contribution >= 4 is 23.4 Å². The minimum absolute atomic E-state index is 0.225. The minimum atomic E-state index is -0.225. The number of nitrogens with one attached hydrogen (secondary N) is 3. The highest BCUT2D eigenvalue weighted by Crippen LogP contribution is 2.19. The van der Waals surface area contributed by atoms with E-state index in [1.165, 1.54) is 19.3 Å². The molecular formula is C18H23N5O2. The Labute approximate surface area is 147 Å². The van der Waals surface area contributed by atoms with Crippen LogP contribution in [0.15, 0.2) is 36.4 Å². The highest BCUT2D eigenvalue weighted by Gasteiger charge is 2.15. The number of amides is 2. The van der Waals surface area contributed by atoms with Gasteiger partial charge in [0.25, 0.3) is 0 Å². The van der Waals surface area contributed by atoms with Crippen LogP contribution in [0.5, 0.6) is 5.75 Å². The van der Waals surface area contributed by atoms with Crippen molar-refractivity contribution in [2.24, 2.45) is 0 Å². The number of methoxy groups -OCH3 is 1. The first-order chi connectivity index (χ1) is 12.2. The number of carbonyl (C=O) groups is 1. The zero-order valence-corrected chi connectivity index (χ0v) is 14.3. The van der Waals surface area contributed by atoms with Crippen molar-refractivity contribution in [1.29, 1.82) is 0 Å². The van der Waals surface area contributed by atoms with Gasteiger partial charge >= 0.3 is 6.03 Å². The molecule has 1 aliphatic rings. The first-order valence-electron chi connectivity index (χ1n) is 8.55. The maximum atomic E-state index is 12.0. The molecule has 1 aromatic carbocycles. The summed E-state index contributed by atoms with van der Waals surface area (Å²) in [6.45, 7) is 0. The van der Waals surface area contributed by atoms with E-state index in [-0.39, 0.29) is 12.1 Å². The average molecular weight is 341 g/mol. The summed E-state index contributed by atoms with van der Waals surface area (Å²) >= 11 is 0. The van der Waals surface area contributed by atoms with Gasteiger partial charge in [-0.3, -0.25) is 5.32 Å². The van der Waals surface area contributed by atoms with E-state index in [2.05, 4.69) is 26.1 Å². The summed E-state index contributed by atoms with van der Waals surface area (Å²) in [5.74, 6) is 1.82. The monoisotopic (exact) mass is 341 g/mol. The minimum Gasteiger partial charge on any atom is -0.497 e. The predicted octanol–water partition coefficient (Wildman–Crippen LogP) is 3.68.